The summed E-state index contributed by atoms with van der Waals surface area (Å²) in [4.78, 5) is 2.36. The second-order valence-electron chi connectivity index (χ2n) is 5.11. The van der Waals surface area contributed by atoms with Crippen LogP contribution < -0.4 is 5.32 Å². The summed E-state index contributed by atoms with van der Waals surface area (Å²) in [5.41, 5.74) is -0.471. The van der Waals surface area contributed by atoms with Crippen molar-refractivity contribution in [1.82, 2.24) is 10.2 Å². The Hall–Kier alpha value is -0.160. The lowest BCUT2D eigenvalue weighted by Crippen LogP contribution is -2.53. The highest BCUT2D eigenvalue weighted by molar-refractivity contribution is 4.88. The zero-order valence-corrected chi connectivity index (χ0v) is 10.2. The average molecular weight is 228 g/mol. The highest BCUT2D eigenvalue weighted by atomic mass is 16.5. The van der Waals surface area contributed by atoms with Gasteiger partial charge in [-0.15, -0.1) is 0 Å². The molecule has 0 aromatic rings. The lowest BCUT2D eigenvalue weighted by atomic mass is 9.91. The number of nitrogens with one attached hydrogen (secondary N) is 1. The topological polar surface area (TPSA) is 44.7 Å². The number of morpholine rings is 1. The summed E-state index contributed by atoms with van der Waals surface area (Å²) >= 11 is 0. The van der Waals surface area contributed by atoms with E-state index < -0.39 is 5.60 Å². The molecule has 2 saturated heterocycles. The molecule has 2 aliphatic heterocycles. The van der Waals surface area contributed by atoms with Crippen molar-refractivity contribution in [1.29, 1.82) is 0 Å². The number of nitrogens with zero attached hydrogens (tertiary/aromatic N) is 1. The molecule has 0 aliphatic carbocycles. The molecule has 2 fully saturated rings. The van der Waals surface area contributed by atoms with Gasteiger partial charge in [0, 0.05) is 19.6 Å². The first-order chi connectivity index (χ1) is 7.72. The van der Waals surface area contributed by atoms with E-state index in [1.807, 2.05) is 0 Å². The first-order valence-electron chi connectivity index (χ1n) is 6.49. The standard InChI is InChI=1S/C12H24N2O2/c1-2-11-9-14(7-8-16-11)10-12(15)3-5-13-6-4-12/h11,13,15H,2-10H2,1H3. The van der Waals surface area contributed by atoms with E-state index in [-0.39, 0.29) is 0 Å². The fourth-order valence-corrected chi connectivity index (χ4v) is 2.64. The first kappa shape index (κ1) is 12.3. The quantitative estimate of drug-likeness (QED) is 0.725. The molecular weight excluding hydrogens is 204 g/mol. The molecule has 0 aromatic carbocycles. The van der Waals surface area contributed by atoms with Gasteiger partial charge < -0.3 is 15.2 Å². The minimum atomic E-state index is -0.471. The largest absolute Gasteiger partial charge is 0.388 e. The van der Waals surface area contributed by atoms with E-state index in [2.05, 4.69) is 17.1 Å². The molecule has 2 aliphatic rings. The monoisotopic (exact) mass is 228 g/mol. The van der Waals surface area contributed by atoms with Gasteiger partial charge in [-0.2, -0.15) is 0 Å². The van der Waals surface area contributed by atoms with E-state index in [1.165, 1.54) is 0 Å². The summed E-state index contributed by atoms with van der Waals surface area (Å²) in [5, 5.41) is 13.8. The lowest BCUT2D eigenvalue weighted by Gasteiger charge is -2.40. The normalized spacial score (nSPS) is 31.5. The van der Waals surface area contributed by atoms with Crippen molar-refractivity contribution in [2.75, 3.05) is 39.3 Å². The molecule has 2 rings (SSSR count). The third kappa shape index (κ3) is 3.17. The summed E-state index contributed by atoms with van der Waals surface area (Å²) < 4.78 is 5.64. The summed E-state index contributed by atoms with van der Waals surface area (Å²) in [7, 11) is 0. The van der Waals surface area contributed by atoms with Crippen molar-refractivity contribution in [3.63, 3.8) is 0 Å². The Morgan fingerprint density at radius 1 is 1.44 bits per heavy atom. The average Bonchev–Trinajstić information content (AvgIpc) is 2.29. The maximum atomic E-state index is 10.5. The van der Waals surface area contributed by atoms with Gasteiger partial charge in [-0.3, -0.25) is 4.90 Å². The number of β-amino-alcohol motifs (C(OH)–C–C–N with tert-alkyl or cyclic N) is 1. The van der Waals surface area contributed by atoms with Crippen LogP contribution in [0.4, 0.5) is 0 Å². The predicted molar refractivity (Wildman–Crippen MR) is 63.5 cm³/mol. The van der Waals surface area contributed by atoms with Crippen LogP contribution in [-0.2, 0) is 4.74 Å². The van der Waals surface area contributed by atoms with Gasteiger partial charge in [-0.1, -0.05) is 6.92 Å². The Morgan fingerprint density at radius 2 is 2.19 bits per heavy atom. The first-order valence-corrected chi connectivity index (χ1v) is 6.49. The molecular formula is C12H24N2O2. The van der Waals surface area contributed by atoms with Crippen LogP contribution in [0, 0.1) is 0 Å². The lowest BCUT2D eigenvalue weighted by molar-refractivity contribution is -0.0736. The van der Waals surface area contributed by atoms with Crippen LogP contribution >= 0.6 is 0 Å². The Labute approximate surface area is 98.0 Å². The summed E-state index contributed by atoms with van der Waals surface area (Å²) in [6, 6.07) is 0. The second-order valence-corrected chi connectivity index (χ2v) is 5.11. The molecule has 0 saturated carbocycles. The molecule has 2 heterocycles. The molecule has 2 N–H and O–H groups in total. The van der Waals surface area contributed by atoms with Crippen LogP contribution in [0.5, 0.6) is 0 Å². The van der Waals surface area contributed by atoms with Crippen LogP contribution in [0.15, 0.2) is 0 Å². The molecule has 0 aromatic heterocycles. The number of aliphatic hydroxyl groups is 1. The fraction of sp³-hybridized carbons (Fsp3) is 1.00. The Bertz CT molecular complexity index is 217. The number of hydrogen-bond donors (Lipinski definition) is 2. The molecule has 0 spiro atoms. The van der Waals surface area contributed by atoms with E-state index >= 15 is 0 Å². The van der Waals surface area contributed by atoms with Crippen LogP contribution in [0.2, 0.25) is 0 Å². The van der Waals surface area contributed by atoms with Crippen molar-refractivity contribution in [3.05, 3.63) is 0 Å². The van der Waals surface area contributed by atoms with Crippen LogP contribution in [0.3, 0.4) is 0 Å². The second kappa shape index (κ2) is 5.45. The van der Waals surface area contributed by atoms with Gasteiger partial charge in [-0.05, 0) is 32.4 Å². The Kier molecular flexibility index (Phi) is 4.19. The minimum absolute atomic E-state index is 0.360. The fourth-order valence-electron chi connectivity index (χ4n) is 2.64. The Morgan fingerprint density at radius 3 is 2.88 bits per heavy atom. The van der Waals surface area contributed by atoms with Gasteiger partial charge in [-0.25, -0.2) is 0 Å². The number of rotatable bonds is 3. The highest BCUT2D eigenvalue weighted by Gasteiger charge is 2.32. The molecule has 94 valence electrons. The van der Waals surface area contributed by atoms with Crippen molar-refractivity contribution in [2.45, 2.75) is 37.9 Å². The highest BCUT2D eigenvalue weighted by Crippen LogP contribution is 2.21. The number of piperidine rings is 1. The third-order valence-electron chi connectivity index (χ3n) is 3.73. The van der Waals surface area contributed by atoms with Gasteiger partial charge in [0.2, 0.25) is 0 Å². The zero-order chi connectivity index (χ0) is 11.4. The summed E-state index contributed by atoms with van der Waals surface area (Å²) in [6.07, 6.45) is 3.18. The molecule has 0 radical (unpaired) electrons. The maximum absolute atomic E-state index is 10.5. The SMILES string of the molecule is CCC1CN(CC2(O)CCNCC2)CCO1. The van der Waals surface area contributed by atoms with Gasteiger partial charge >= 0.3 is 0 Å². The van der Waals surface area contributed by atoms with E-state index in [1.54, 1.807) is 0 Å². The maximum Gasteiger partial charge on any atom is 0.0798 e. The van der Waals surface area contributed by atoms with Crippen molar-refractivity contribution >= 4 is 0 Å². The van der Waals surface area contributed by atoms with Gasteiger partial charge in [0.05, 0.1) is 18.3 Å². The predicted octanol–water partition coefficient (Wildman–Crippen LogP) is 0.212. The molecule has 1 atom stereocenters. The molecule has 0 amide bonds. The van der Waals surface area contributed by atoms with Gasteiger partial charge in [0.15, 0.2) is 0 Å². The summed E-state index contributed by atoms with van der Waals surface area (Å²) in [5.74, 6) is 0. The van der Waals surface area contributed by atoms with Crippen molar-refractivity contribution < 1.29 is 9.84 Å². The Balaban J connectivity index is 1.83. The molecule has 4 nitrogen and oxygen atoms in total. The van der Waals surface area contributed by atoms with E-state index in [9.17, 15) is 5.11 Å². The van der Waals surface area contributed by atoms with E-state index in [0.29, 0.717) is 6.10 Å². The molecule has 0 bridgehead atoms. The van der Waals surface area contributed by atoms with Crippen LogP contribution in [0.1, 0.15) is 26.2 Å². The number of hydrogen-bond acceptors (Lipinski definition) is 4. The van der Waals surface area contributed by atoms with E-state index in [4.69, 9.17) is 4.74 Å². The zero-order valence-electron chi connectivity index (χ0n) is 10.2. The van der Waals surface area contributed by atoms with Crippen LogP contribution in [-0.4, -0.2) is 61.0 Å². The van der Waals surface area contributed by atoms with E-state index in [0.717, 1.165) is 58.6 Å². The molecule has 4 heteroatoms. The molecule has 16 heavy (non-hydrogen) atoms. The summed E-state index contributed by atoms with van der Waals surface area (Å²) in [6.45, 7) is 7.61. The van der Waals surface area contributed by atoms with Crippen molar-refractivity contribution in [3.8, 4) is 0 Å². The molecule has 1 unspecified atom stereocenters. The third-order valence-corrected chi connectivity index (χ3v) is 3.73. The van der Waals surface area contributed by atoms with Crippen molar-refractivity contribution in [2.24, 2.45) is 0 Å². The van der Waals surface area contributed by atoms with Gasteiger partial charge in [0.25, 0.3) is 0 Å². The van der Waals surface area contributed by atoms with Crippen LogP contribution in [0.25, 0.3) is 0 Å². The van der Waals surface area contributed by atoms with Gasteiger partial charge in [0.1, 0.15) is 0 Å². The number of ether oxygens (including phenoxy) is 1. The smallest absolute Gasteiger partial charge is 0.0798 e. The minimum Gasteiger partial charge on any atom is -0.388 e.